The molecule has 0 aliphatic heterocycles. The Kier molecular flexibility index (Phi) is 6.02. The number of hydrogen-bond acceptors (Lipinski definition) is 4. The number of nitrogens with zero attached hydrogens (tertiary/aromatic N) is 2. The molecule has 0 spiro atoms. The topological polar surface area (TPSA) is 51.0 Å². The van der Waals surface area contributed by atoms with Crippen LogP contribution in [0.3, 0.4) is 0 Å². The van der Waals surface area contributed by atoms with Crippen LogP contribution >= 0.6 is 0 Å². The Balaban J connectivity index is 1.78. The van der Waals surface area contributed by atoms with Gasteiger partial charge in [0.2, 0.25) is 5.89 Å². The molecule has 4 nitrogen and oxygen atoms in total. The molecule has 1 N–H and O–H groups in total. The second-order valence-corrected chi connectivity index (χ2v) is 6.48. The van der Waals surface area contributed by atoms with Crippen LogP contribution in [0.1, 0.15) is 76.9 Å². The van der Waals surface area contributed by atoms with E-state index in [2.05, 4.69) is 36.2 Å². The van der Waals surface area contributed by atoms with Gasteiger partial charge in [0.25, 0.3) is 0 Å². The highest BCUT2D eigenvalue weighted by Crippen LogP contribution is 2.32. The van der Waals surface area contributed by atoms with Gasteiger partial charge in [0.05, 0.1) is 0 Å². The molecule has 0 radical (unpaired) electrons. The molecule has 1 fully saturated rings. The normalized spacial score (nSPS) is 23.4. The van der Waals surface area contributed by atoms with E-state index in [0.717, 1.165) is 31.1 Å². The summed E-state index contributed by atoms with van der Waals surface area (Å²) in [7, 11) is 0. The molecule has 0 atom stereocenters. The predicted octanol–water partition coefficient (Wildman–Crippen LogP) is 3.68. The molecule has 4 heteroatoms. The summed E-state index contributed by atoms with van der Waals surface area (Å²) in [4.78, 5) is 4.59. The van der Waals surface area contributed by atoms with Crippen LogP contribution in [0.5, 0.6) is 0 Å². The average molecular weight is 279 g/mol. The van der Waals surface area contributed by atoms with Crippen molar-refractivity contribution in [3.05, 3.63) is 11.7 Å². The Morgan fingerprint density at radius 1 is 1.25 bits per heavy atom. The maximum Gasteiger partial charge on any atom is 0.229 e. The Bertz CT molecular complexity index is 381. The lowest BCUT2D eigenvalue weighted by atomic mass is 9.86. The number of rotatable bonds is 7. The number of aryl methyl sites for hydroxylation is 1. The molecular formula is C16H29N3O. The van der Waals surface area contributed by atoms with Crippen molar-refractivity contribution in [3.8, 4) is 0 Å². The maximum atomic E-state index is 5.47. The molecule has 1 aliphatic rings. The molecular weight excluding hydrogens is 250 g/mol. The molecule has 0 aromatic carbocycles. The van der Waals surface area contributed by atoms with Crippen LogP contribution < -0.4 is 5.32 Å². The Morgan fingerprint density at radius 2 is 2.00 bits per heavy atom. The van der Waals surface area contributed by atoms with Crippen molar-refractivity contribution in [1.29, 1.82) is 0 Å². The molecule has 1 saturated carbocycles. The summed E-state index contributed by atoms with van der Waals surface area (Å²) >= 11 is 0. The molecule has 1 aromatic rings. The second kappa shape index (κ2) is 7.77. The molecule has 1 aromatic heterocycles. The van der Waals surface area contributed by atoms with Gasteiger partial charge in [-0.1, -0.05) is 25.9 Å². The van der Waals surface area contributed by atoms with Crippen LogP contribution in [0.4, 0.5) is 0 Å². The highest BCUT2D eigenvalue weighted by molar-refractivity contribution is 4.97. The fraction of sp³-hybridized carbons (Fsp3) is 0.875. The molecule has 0 unspecified atom stereocenters. The zero-order chi connectivity index (χ0) is 14.4. The van der Waals surface area contributed by atoms with Crippen molar-refractivity contribution in [1.82, 2.24) is 15.5 Å². The largest absolute Gasteiger partial charge is 0.339 e. The van der Waals surface area contributed by atoms with Gasteiger partial charge < -0.3 is 9.84 Å². The smallest absolute Gasteiger partial charge is 0.229 e. The monoisotopic (exact) mass is 279 g/mol. The molecule has 0 saturated heterocycles. The molecule has 0 amide bonds. The Labute approximate surface area is 122 Å². The third kappa shape index (κ3) is 4.58. The lowest BCUT2D eigenvalue weighted by molar-refractivity contribution is 0.282. The zero-order valence-corrected chi connectivity index (χ0v) is 13.2. The zero-order valence-electron chi connectivity index (χ0n) is 13.2. The lowest BCUT2D eigenvalue weighted by Crippen LogP contribution is -2.33. The van der Waals surface area contributed by atoms with Gasteiger partial charge in [-0.05, 0) is 51.0 Å². The van der Waals surface area contributed by atoms with Gasteiger partial charge >= 0.3 is 0 Å². The van der Waals surface area contributed by atoms with E-state index in [4.69, 9.17) is 4.52 Å². The van der Waals surface area contributed by atoms with E-state index in [-0.39, 0.29) is 0 Å². The number of hydrogen-bond donors (Lipinski definition) is 1. The van der Waals surface area contributed by atoms with Crippen molar-refractivity contribution in [2.75, 3.05) is 6.54 Å². The number of nitrogens with one attached hydrogen (secondary N) is 1. The van der Waals surface area contributed by atoms with E-state index >= 15 is 0 Å². The van der Waals surface area contributed by atoms with Crippen molar-refractivity contribution in [3.63, 3.8) is 0 Å². The molecule has 20 heavy (non-hydrogen) atoms. The first-order chi connectivity index (χ1) is 9.69. The minimum Gasteiger partial charge on any atom is -0.339 e. The van der Waals surface area contributed by atoms with Crippen molar-refractivity contribution >= 4 is 0 Å². The van der Waals surface area contributed by atoms with E-state index in [1.165, 1.54) is 32.1 Å². The lowest BCUT2D eigenvalue weighted by Gasteiger charge is -2.27. The van der Waals surface area contributed by atoms with Crippen LogP contribution in [0, 0.1) is 5.92 Å². The summed E-state index contributed by atoms with van der Waals surface area (Å²) in [5.41, 5.74) is 0. The first-order valence-corrected chi connectivity index (χ1v) is 8.25. The minimum atomic E-state index is 0.481. The Hall–Kier alpha value is -0.900. The van der Waals surface area contributed by atoms with Crippen LogP contribution in [-0.2, 0) is 6.42 Å². The van der Waals surface area contributed by atoms with Gasteiger partial charge in [-0.3, -0.25) is 0 Å². The van der Waals surface area contributed by atoms with Crippen molar-refractivity contribution < 1.29 is 4.52 Å². The van der Waals surface area contributed by atoms with Gasteiger partial charge in [-0.2, -0.15) is 4.98 Å². The van der Waals surface area contributed by atoms with E-state index < -0.39 is 0 Å². The van der Waals surface area contributed by atoms with Crippen LogP contribution in [-0.4, -0.2) is 22.7 Å². The van der Waals surface area contributed by atoms with Gasteiger partial charge in [0.1, 0.15) is 0 Å². The highest BCUT2D eigenvalue weighted by atomic mass is 16.5. The second-order valence-electron chi connectivity index (χ2n) is 6.48. The van der Waals surface area contributed by atoms with Crippen molar-refractivity contribution in [2.24, 2.45) is 5.92 Å². The summed E-state index contributed by atoms with van der Waals surface area (Å²) in [6.45, 7) is 7.81. The predicted molar refractivity (Wildman–Crippen MR) is 80.7 cm³/mol. The summed E-state index contributed by atoms with van der Waals surface area (Å²) in [6, 6.07) is 0.689. The van der Waals surface area contributed by atoms with Gasteiger partial charge in [0, 0.05) is 18.4 Å². The summed E-state index contributed by atoms with van der Waals surface area (Å²) in [5, 5.41) is 7.74. The summed E-state index contributed by atoms with van der Waals surface area (Å²) < 4.78 is 5.47. The third-order valence-corrected chi connectivity index (χ3v) is 4.19. The van der Waals surface area contributed by atoms with Gasteiger partial charge in [-0.25, -0.2) is 0 Å². The molecule has 1 heterocycles. The number of aromatic nitrogens is 2. The van der Waals surface area contributed by atoms with Crippen LogP contribution in [0.15, 0.2) is 4.52 Å². The van der Waals surface area contributed by atoms with Crippen LogP contribution in [0.25, 0.3) is 0 Å². The van der Waals surface area contributed by atoms with Gasteiger partial charge in [0.15, 0.2) is 5.82 Å². The van der Waals surface area contributed by atoms with E-state index in [1.54, 1.807) is 0 Å². The summed E-state index contributed by atoms with van der Waals surface area (Å²) in [5.74, 6) is 2.93. The fourth-order valence-electron chi connectivity index (χ4n) is 2.85. The van der Waals surface area contributed by atoms with Gasteiger partial charge in [-0.15, -0.1) is 0 Å². The quantitative estimate of drug-likeness (QED) is 0.827. The first kappa shape index (κ1) is 15.5. The van der Waals surface area contributed by atoms with E-state index in [0.29, 0.717) is 17.9 Å². The van der Waals surface area contributed by atoms with E-state index in [9.17, 15) is 0 Å². The third-order valence-electron chi connectivity index (χ3n) is 4.19. The van der Waals surface area contributed by atoms with E-state index in [1.807, 2.05) is 0 Å². The van der Waals surface area contributed by atoms with Crippen molar-refractivity contribution in [2.45, 2.75) is 77.7 Å². The maximum absolute atomic E-state index is 5.47. The fourth-order valence-corrected chi connectivity index (χ4v) is 2.85. The minimum absolute atomic E-state index is 0.481. The average Bonchev–Trinajstić information content (AvgIpc) is 2.92. The molecule has 114 valence electrons. The highest BCUT2D eigenvalue weighted by Gasteiger charge is 2.26. The van der Waals surface area contributed by atoms with Crippen LogP contribution in [0.2, 0.25) is 0 Å². The molecule has 0 bridgehead atoms. The molecule has 2 rings (SSSR count). The SMILES string of the molecule is CCCNC1CCC(c2nc(CCC(C)C)no2)CC1. The standard InChI is InChI=1S/C16H29N3O/c1-4-11-17-14-8-6-13(7-9-14)16-18-15(19-20-16)10-5-12(2)3/h12-14,17H,4-11H2,1-3H3. The molecule has 1 aliphatic carbocycles. The Morgan fingerprint density at radius 3 is 2.65 bits per heavy atom. The first-order valence-electron chi connectivity index (χ1n) is 8.25. The summed E-state index contributed by atoms with van der Waals surface area (Å²) in [6.07, 6.45) is 8.09.